The van der Waals surface area contributed by atoms with Crippen LogP contribution in [0.15, 0.2) is 0 Å². The molecule has 6 heavy (non-hydrogen) atoms. The van der Waals surface area contributed by atoms with Gasteiger partial charge in [0.05, 0.1) is 0 Å². The molecule has 0 nitrogen and oxygen atoms in total. The highest BCUT2D eigenvalue weighted by molar-refractivity contribution is 4.20. The molecular formula is C6H20. The Morgan fingerprint density at radius 1 is 1.00 bits per heavy atom. The topological polar surface area (TPSA) is 0 Å². The average molecular weight is 92.2 g/mol. The Bertz CT molecular complexity index is 8.90. The minimum Gasteiger partial charge on any atom is -0.0776 e. The van der Waals surface area contributed by atoms with E-state index in [4.69, 9.17) is 0 Å². The van der Waals surface area contributed by atoms with Crippen LogP contribution in [-0.4, -0.2) is 0 Å². The second-order valence-electron chi connectivity index (χ2n) is 1.73. The lowest BCUT2D eigenvalue weighted by molar-refractivity contribution is 0.737. The van der Waals surface area contributed by atoms with Crippen LogP contribution in [0.5, 0.6) is 0 Å². The molecule has 0 bridgehead atoms. The van der Waals surface area contributed by atoms with Crippen LogP contribution in [0.1, 0.15) is 37.1 Å². The van der Waals surface area contributed by atoms with Gasteiger partial charge in [0.15, 0.2) is 0 Å². The van der Waals surface area contributed by atoms with E-state index < -0.39 is 0 Å². The van der Waals surface area contributed by atoms with Gasteiger partial charge in [-0.1, -0.05) is 35.6 Å². The molecule has 0 aliphatic rings. The predicted octanol–water partition coefficient (Wildman–Crippen LogP) is 3.18. The van der Waals surface area contributed by atoms with E-state index in [1.165, 1.54) is 0 Å². The van der Waals surface area contributed by atoms with Gasteiger partial charge in [-0.25, -0.2) is 0 Å². The van der Waals surface area contributed by atoms with Crippen molar-refractivity contribution in [3.8, 4) is 0 Å². The number of hydrogen-bond donors (Lipinski definition) is 0. The fourth-order valence-electron chi connectivity index (χ4n) is 0. The maximum Gasteiger partial charge on any atom is 0 e. The van der Waals surface area contributed by atoms with E-state index in [-0.39, 0.29) is 16.3 Å². The van der Waals surface area contributed by atoms with Crippen LogP contribution < -0.4 is 0 Å². The van der Waals surface area contributed by atoms with Crippen molar-refractivity contribution in [1.82, 2.24) is 0 Å². The zero-order chi connectivity index (χ0) is 3.58. The molecule has 0 amide bonds. The van der Waals surface area contributed by atoms with Crippen LogP contribution >= 0.6 is 0 Å². The summed E-state index contributed by atoms with van der Waals surface area (Å²) in [5.41, 5.74) is 0. The van der Waals surface area contributed by atoms with Crippen molar-refractivity contribution < 1.29 is 1.43 Å². The van der Waals surface area contributed by atoms with Crippen molar-refractivity contribution in [2.75, 3.05) is 0 Å². The highest BCUT2D eigenvalue weighted by Gasteiger charge is 1.68. The SMILES string of the molecule is C.C.CC(C)C.[HH]. The molecule has 0 aromatic heterocycles. The summed E-state index contributed by atoms with van der Waals surface area (Å²) in [5, 5.41) is 0. The van der Waals surface area contributed by atoms with Crippen molar-refractivity contribution in [1.29, 1.82) is 0 Å². The monoisotopic (exact) mass is 92.2 g/mol. The smallest absolute Gasteiger partial charge is 0 e. The minimum atomic E-state index is 0. The summed E-state index contributed by atoms with van der Waals surface area (Å²) in [5.74, 6) is 0.833. The third-order valence-electron chi connectivity index (χ3n) is 0. The van der Waals surface area contributed by atoms with Crippen molar-refractivity contribution in [3.63, 3.8) is 0 Å². The molecule has 0 spiro atoms. The third kappa shape index (κ3) is 0. The van der Waals surface area contributed by atoms with Gasteiger partial charge >= 0.3 is 0 Å². The molecule has 0 rings (SSSR count). The van der Waals surface area contributed by atoms with Gasteiger partial charge in [-0.2, -0.15) is 0 Å². The third-order valence-corrected chi connectivity index (χ3v) is 0. The summed E-state index contributed by atoms with van der Waals surface area (Å²) in [4.78, 5) is 0. The zero-order valence-corrected chi connectivity index (χ0v) is 3.58. The molecule has 0 aliphatic heterocycles. The van der Waals surface area contributed by atoms with Crippen LogP contribution in [0.2, 0.25) is 0 Å². The summed E-state index contributed by atoms with van der Waals surface area (Å²) >= 11 is 0. The van der Waals surface area contributed by atoms with Gasteiger partial charge in [-0.15, -0.1) is 0 Å². The first kappa shape index (κ1) is 16.7. The van der Waals surface area contributed by atoms with E-state index >= 15 is 0 Å². The van der Waals surface area contributed by atoms with E-state index in [9.17, 15) is 0 Å². The Labute approximate surface area is 44.1 Å². The van der Waals surface area contributed by atoms with E-state index in [0.29, 0.717) is 0 Å². The number of rotatable bonds is 0. The summed E-state index contributed by atoms with van der Waals surface area (Å²) in [6, 6.07) is 0. The van der Waals surface area contributed by atoms with Crippen LogP contribution in [0, 0.1) is 5.92 Å². The normalized spacial score (nSPS) is 6.00. The first-order valence-electron chi connectivity index (χ1n) is 1.73. The van der Waals surface area contributed by atoms with Gasteiger partial charge in [-0.3, -0.25) is 0 Å². The molecule has 0 heteroatoms. The minimum absolute atomic E-state index is 0. The predicted molar refractivity (Wildman–Crippen MR) is 36.1 cm³/mol. The Morgan fingerprint density at radius 2 is 1.00 bits per heavy atom. The second-order valence-corrected chi connectivity index (χ2v) is 1.73. The maximum atomic E-state index is 2.17. The Hall–Kier alpha value is 0. The lowest BCUT2D eigenvalue weighted by Gasteiger charge is -1.79. The van der Waals surface area contributed by atoms with Gasteiger partial charge in [-0.05, 0) is 5.92 Å². The molecule has 0 aromatic carbocycles. The van der Waals surface area contributed by atoms with E-state index in [0.717, 1.165) is 5.92 Å². The summed E-state index contributed by atoms with van der Waals surface area (Å²) < 4.78 is 0. The Morgan fingerprint density at radius 3 is 1.00 bits per heavy atom. The molecule has 0 aromatic rings. The standard InChI is InChI=1S/C4H10.2CH4.H2/c1-4(2)3;;;/h4H,1-3H3;2*1H4;1H. The maximum absolute atomic E-state index is 2.17. The number of hydrogen-bond acceptors (Lipinski definition) is 0. The molecule has 0 atom stereocenters. The quantitative estimate of drug-likeness (QED) is 0.430. The van der Waals surface area contributed by atoms with Crippen LogP contribution in [0.3, 0.4) is 0 Å². The lowest BCUT2D eigenvalue weighted by Crippen LogP contribution is -1.66. The van der Waals surface area contributed by atoms with E-state index in [1.807, 2.05) is 0 Å². The molecule has 44 valence electrons. The fraction of sp³-hybridized carbons (Fsp3) is 1.00. The molecule has 0 aliphatic carbocycles. The molecule has 0 saturated heterocycles. The molecular weight excluding hydrogens is 72.1 g/mol. The fourth-order valence-corrected chi connectivity index (χ4v) is 0. The van der Waals surface area contributed by atoms with E-state index in [1.54, 1.807) is 0 Å². The van der Waals surface area contributed by atoms with Crippen LogP contribution in [0.25, 0.3) is 0 Å². The van der Waals surface area contributed by atoms with Gasteiger partial charge in [0, 0.05) is 1.43 Å². The average Bonchev–Trinajstić information content (AvgIpc) is 0.811. The molecule has 0 radical (unpaired) electrons. The molecule has 0 N–H and O–H groups in total. The van der Waals surface area contributed by atoms with Gasteiger partial charge in [0.25, 0.3) is 0 Å². The van der Waals surface area contributed by atoms with E-state index in [2.05, 4.69) is 20.8 Å². The van der Waals surface area contributed by atoms with Gasteiger partial charge in [0.2, 0.25) is 0 Å². The van der Waals surface area contributed by atoms with Gasteiger partial charge in [0.1, 0.15) is 0 Å². The second kappa shape index (κ2) is 8.89. The zero-order valence-electron chi connectivity index (χ0n) is 3.58. The molecule has 0 saturated carbocycles. The molecule has 0 fully saturated rings. The van der Waals surface area contributed by atoms with Crippen molar-refractivity contribution >= 4 is 0 Å². The Balaban J connectivity index is -0.0000000150. The Kier molecular flexibility index (Phi) is 24.7. The lowest BCUT2D eigenvalue weighted by atomic mass is 10.3. The largest absolute Gasteiger partial charge is 0.0776 e. The van der Waals surface area contributed by atoms with Crippen LogP contribution in [-0.2, 0) is 0 Å². The van der Waals surface area contributed by atoms with Crippen molar-refractivity contribution in [3.05, 3.63) is 0 Å². The molecule has 0 unspecified atom stereocenters. The van der Waals surface area contributed by atoms with Crippen molar-refractivity contribution in [2.24, 2.45) is 5.92 Å². The highest BCUT2D eigenvalue weighted by Crippen LogP contribution is 1.81. The van der Waals surface area contributed by atoms with Crippen molar-refractivity contribution in [2.45, 2.75) is 35.6 Å². The molecule has 0 heterocycles. The summed E-state index contributed by atoms with van der Waals surface area (Å²) in [7, 11) is 0. The van der Waals surface area contributed by atoms with Crippen LogP contribution in [0.4, 0.5) is 0 Å². The summed E-state index contributed by atoms with van der Waals surface area (Å²) in [6.07, 6.45) is 0. The highest BCUT2D eigenvalue weighted by atomic mass is 13.7. The summed E-state index contributed by atoms with van der Waals surface area (Å²) in [6.45, 7) is 6.50. The first-order valence-corrected chi connectivity index (χ1v) is 1.73. The first-order chi connectivity index (χ1) is 1.73. The van der Waals surface area contributed by atoms with Gasteiger partial charge < -0.3 is 0 Å².